The molecule has 28 heavy (non-hydrogen) atoms. The molecule has 0 radical (unpaired) electrons. The van der Waals surface area contributed by atoms with E-state index in [1.54, 1.807) is 19.1 Å². The van der Waals surface area contributed by atoms with Gasteiger partial charge in [-0.25, -0.2) is 9.47 Å². The van der Waals surface area contributed by atoms with Crippen LogP contribution in [-0.2, 0) is 5.75 Å². The van der Waals surface area contributed by atoms with Crippen molar-refractivity contribution in [2.75, 3.05) is 5.84 Å². The maximum absolute atomic E-state index is 11.9. The van der Waals surface area contributed by atoms with E-state index < -0.39 is 5.63 Å². The van der Waals surface area contributed by atoms with Gasteiger partial charge in [0.15, 0.2) is 5.82 Å². The third-order valence-corrected chi connectivity index (χ3v) is 5.54. The number of hydrogen-bond donors (Lipinski definition) is 2. The summed E-state index contributed by atoms with van der Waals surface area (Å²) in [6.07, 6.45) is 0. The van der Waals surface area contributed by atoms with Gasteiger partial charge in [-0.15, -0.1) is 10.2 Å². The summed E-state index contributed by atoms with van der Waals surface area (Å²) < 4.78 is 6.72. The number of aromatic hydroxyl groups is 1. The Morgan fingerprint density at radius 3 is 2.64 bits per heavy atom. The normalized spacial score (nSPS) is 11.2. The molecule has 3 N–H and O–H groups in total. The molecule has 2 heterocycles. The summed E-state index contributed by atoms with van der Waals surface area (Å²) in [5, 5.41) is 19.5. The lowest BCUT2D eigenvalue weighted by atomic mass is 10.1. The van der Waals surface area contributed by atoms with Crippen molar-refractivity contribution in [3.63, 3.8) is 0 Å². The molecule has 4 aromatic rings. The SMILES string of the molecule is Cc1ccc(-c2nnc(SCc3cc(=O)oc4c(C)c(O)ccc34)n2N)cc1. The van der Waals surface area contributed by atoms with E-state index in [0.717, 1.165) is 22.1 Å². The maximum atomic E-state index is 11.9. The molecule has 4 rings (SSSR count). The molecule has 0 saturated heterocycles. The number of phenols is 1. The molecule has 8 heteroatoms. The standard InChI is InChI=1S/C20H18N4O3S/c1-11-3-5-13(6-4-11)19-22-23-20(24(19)21)28-10-14-9-17(26)27-18-12(2)16(25)8-7-15(14)18/h3-9,25H,10,21H2,1-2H3. The fourth-order valence-corrected chi connectivity index (χ4v) is 3.80. The molecule has 0 amide bonds. The van der Waals surface area contributed by atoms with Gasteiger partial charge in [-0.05, 0) is 31.5 Å². The molecule has 7 nitrogen and oxygen atoms in total. The van der Waals surface area contributed by atoms with Gasteiger partial charge in [-0.1, -0.05) is 41.6 Å². The van der Waals surface area contributed by atoms with Crippen molar-refractivity contribution in [3.8, 4) is 17.1 Å². The van der Waals surface area contributed by atoms with Crippen LogP contribution in [0, 0.1) is 13.8 Å². The first-order chi connectivity index (χ1) is 13.4. The van der Waals surface area contributed by atoms with Crippen molar-refractivity contribution in [3.05, 3.63) is 69.6 Å². The van der Waals surface area contributed by atoms with Crippen molar-refractivity contribution in [2.45, 2.75) is 24.8 Å². The number of nitrogens with two attached hydrogens (primary N) is 1. The molecule has 0 saturated carbocycles. The molecule has 2 aromatic carbocycles. The second kappa shape index (κ2) is 7.05. The third kappa shape index (κ3) is 3.22. The lowest BCUT2D eigenvalue weighted by Crippen LogP contribution is -2.11. The Morgan fingerprint density at radius 2 is 1.89 bits per heavy atom. The number of aryl methyl sites for hydroxylation is 2. The summed E-state index contributed by atoms with van der Waals surface area (Å²) >= 11 is 1.37. The Balaban J connectivity index is 1.65. The van der Waals surface area contributed by atoms with Crippen LogP contribution in [0.25, 0.3) is 22.4 Å². The third-order valence-electron chi connectivity index (χ3n) is 4.55. The first-order valence-electron chi connectivity index (χ1n) is 8.59. The molecule has 0 bridgehead atoms. The van der Waals surface area contributed by atoms with Gasteiger partial charge in [0, 0.05) is 28.3 Å². The molecule has 0 unspecified atom stereocenters. The Kier molecular flexibility index (Phi) is 4.56. The van der Waals surface area contributed by atoms with Crippen LogP contribution in [0.5, 0.6) is 5.75 Å². The first kappa shape index (κ1) is 18.1. The minimum atomic E-state index is -0.466. The zero-order valence-electron chi connectivity index (χ0n) is 15.3. The molecular formula is C20H18N4O3S. The van der Waals surface area contributed by atoms with E-state index in [4.69, 9.17) is 10.3 Å². The highest BCUT2D eigenvalue weighted by Crippen LogP contribution is 2.31. The number of fused-ring (bicyclic) bond motifs is 1. The van der Waals surface area contributed by atoms with Crippen LogP contribution in [0.15, 0.2) is 56.8 Å². The zero-order valence-corrected chi connectivity index (χ0v) is 16.2. The van der Waals surface area contributed by atoms with E-state index in [2.05, 4.69) is 10.2 Å². The van der Waals surface area contributed by atoms with Gasteiger partial charge in [-0.2, -0.15) is 0 Å². The fraction of sp³-hybridized carbons (Fsp3) is 0.150. The highest BCUT2D eigenvalue weighted by molar-refractivity contribution is 7.98. The van der Waals surface area contributed by atoms with Gasteiger partial charge in [0.1, 0.15) is 11.3 Å². The molecule has 0 aliphatic carbocycles. The van der Waals surface area contributed by atoms with Crippen LogP contribution in [0.2, 0.25) is 0 Å². The smallest absolute Gasteiger partial charge is 0.336 e. The van der Waals surface area contributed by atoms with Crippen LogP contribution in [0.3, 0.4) is 0 Å². The number of hydrogen-bond acceptors (Lipinski definition) is 7. The number of nitrogens with zero attached hydrogens (tertiary/aromatic N) is 3. The van der Waals surface area contributed by atoms with Crippen LogP contribution in [0.4, 0.5) is 0 Å². The van der Waals surface area contributed by atoms with E-state index in [9.17, 15) is 9.90 Å². The number of phenolic OH excluding ortho intramolecular Hbond substituents is 1. The molecule has 0 atom stereocenters. The van der Waals surface area contributed by atoms with E-state index in [-0.39, 0.29) is 5.75 Å². The predicted octanol–water partition coefficient (Wildman–Crippen LogP) is 3.38. The summed E-state index contributed by atoms with van der Waals surface area (Å²) in [7, 11) is 0. The van der Waals surface area contributed by atoms with E-state index in [1.807, 2.05) is 31.2 Å². The van der Waals surface area contributed by atoms with Gasteiger partial charge in [0.25, 0.3) is 0 Å². The fourth-order valence-electron chi connectivity index (χ4n) is 2.95. The van der Waals surface area contributed by atoms with Crippen molar-refractivity contribution >= 4 is 22.7 Å². The highest BCUT2D eigenvalue weighted by atomic mass is 32.2. The van der Waals surface area contributed by atoms with E-state index >= 15 is 0 Å². The number of aromatic nitrogens is 3. The highest BCUT2D eigenvalue weighted by Gasteiger charge is 2.15. The van der Waals surface area contributed by atoms with E-state index in [1.165, 1.54) is 22.5 Å². The maximum Gasteiger partial charge on any atom is 0.336 e. The van der Waals surface area contributed by atoms with Gasteiger partial charge in [0.05, 0.1) is 0 Å². The van der Waals surface area contributed by atoms with Crippen molar-refractivity contribution in [1.82, 2.24) is 14.9 Å². The minimum absolute atomic E-state index is 0.0879. The molecule has 0 fully saturated rings. The number of rotatable bonds is 4. The van der Waals surface area contributed by atoms with Gasteiger partial charge < -0.3 is 15.4 Å². The van der Waals surface area contributed by atoms with Gasteiger partial charge >= 0.3 is 5.63 Å². The summed E-state index contributed by atoms with van der Waals surface area (Å²) in [6, 6.07) is 12.6. The number of nitrogen functional groups attached to an aromatic ring is 1. The summed E-state index contributed by atoms with van der Waals surface area (Å²) in [5.41, 5.74) is 3.26. The monoisotopic (exact) mass is 394 g/mol. The van der Waals surface area contributed by atoms with Crippen LogP contribution < -0.4 is 11.5 Å². The first-order valence-corrected chi connectivity index (χ1v) is 9.58. The van der Waals surface area contributed by atoms with Crippen molar-refractivity contribution in [2.24, 2.45) is 0 Å². The lowest BCUT2D eigenvalue weighted by molar-refractivity contribution is 0.468. The quantitative estimate of drug-likeness (QED) is 0.310. The second-order valence-corrected chi connectivity index (χ2v) is 7.45. The van der Waals surface area contributed by atoms with Gasteiger partial charge in [-0.3, -0.25) is 0 Å². The Morgan fingerprint density at radius 1 is 1.14 bits per heavy atom. The Bertz CT molecular complexity index is 1230. The number of benzene rings is 2. The lowest BCUT2D eigenvalue weighted by Gasteiger charge is -2.08. The number of thioether (sulfide) groups is 1. The average molecular weight is 394 g/mol. The Hall–Kier alpha value is -3.26. The second-order valence-electron chi connectivity index (χ2n) is 6.51. The van der Waals surface area contributed by atoms with Crippen LogP contribution in [-0.4, -0.2) is 20.0 Å². The Labute approximate surface area is 164 Å². The summed E-state index contributed by atoms with van der Waals surface area (Å²) in [6.45, 7) is 3.72. The topological polar surface area (TPSA) is 107 Å². The summed E-state index contributed by atoms with van der Waals surface area (Å²) in [4.78, 5) is 11.9. The van der Waals surface area contributed by atoms with Crippen LogP contribution >= 0.6 is 11.8 Å². The van der Waals surface area contributed by atoms with Crippen molar-refractivity contribution in [1.29, 1.82) is 0 Å². The summed E-state index contributed by atoms with van der Waals surface area (Å²) in [5.74, 6) is 7.29. The molecule has 0 aliphatic heterocycles. The molecule has 142 valence electrons. The molecule has 2 aromatic heterocycles. The zero-order chi connectivity index (χ0) is 19.8. The van der Waals surface area contributed by atoms with Crippen LogP contribution in [0.1, 0.15) is 16.7 Å². The molecular weight excluding hydrogens is 376 g/mol. The molecule has 0 spiro atoms. The predicted molar refractivity (Wildman–Crippen MR) is 109 cm³/mol. The van der Waals surface area contributed by atoms with Gasteiger partial charge in [0.2, 0.25) is 5.16 Å². The van der Waals surface area contributed by atoms with E-state index in [0.29, 0.717) is 27.9 Å². The average Bonchev–Trinajstić information content (AvgIpc) is 3.04. The molecule has 0 aliphatic rings. The van der Waals surface area contributed by atoms with Crippen molar-refractivity contribution < 1.29 is 9.52 Å². The largest absolute Gasteiger partial charge is 0.508 e. The minimum Gasteiger partial charge on any atom is -0.508 e.